The second-order valence-corrected chi connectivity index (χ2v) is 6.63. The van der Waals surface area contributed by atoms with E-state index in [0.29, 0.717) is 17.9 Å². The summed E-state index contributed by atoms with van der Waals surface area (Å²) in [6.07, 6.45) is 1.24. The van der Waals surface area contributed by atoms with Crippen molar-refractivity contribution in [3.8, 4) is 0 Å². The summed E-state index contributed by atoms with van der Waals surface area (Å²) in [5.41, 5.74) is 1.87. The summed E-state index contributed by atoms with van der Waals surface area (Å²) in [5.74, 6) is 1.17. The normalized spacial score (nSPS) is 23.4. The number of anilines is 1. The van der Waals surface area contributed by atoms with Gasteiger partial charge < -0.3 is 10.2 Å². The number of hydrogen-bond acceptors (Lipinski definition) is 2. The van der Waals surface area contributed by atoms with E-state index in [-0.39, 0.29) is 5.82 Å². The molecule has 1 saturated heterocycles. The molecule has 1 heterocycles. The van der Waals surface area contributed by atoms with Crippen molar-refractivity contribution in [2.75, 3.05) is 18.0 Å². The fourth-order valence-electron chi connectivity index (χ4n) is 3.22. The van der Waals surface area contributed by atoms with E-state index in [4.69, 9.17) is 0 Å². The number of para-hydroxylation sites is 1. The molecule has 0 aliphatic carbocycles. The number of nitrogens with one attached hydrogen (secondary N) is 1. The molecule has 1 fully saturated rings. The van der Waals surface area contributed by atoms with Gasteiger partial charge >= 0.3 is 0 Å². The summed E-state index contributed by atoms with van der Waals surface area (Å²) in [7, 11) is 0. The number of piperidine rings is 1. The Morgan fingerprint density at radius 3 is 2.50 bits per heavy atom. The van der Waals surface area contributed by atoms with Gasteiger partial charge in [-0.1, -0.05) is 39.8 Å². The van der Waals surface area contributed by atoms with Crippen LogP contribution >= 0.6 is 0 Å². The van der Waals surface area contributed by atoms with Gasteiger partial charge in [-0.25, -0.2) is 4.39 Å². The van der Waals surface area contributed by atoms with Crippen molar-refractivity contribution >= 4 is 5.69 Å². The maximum Gasteiger partial charge on any atom is 0.146 e. The zero-order valence-corrected chi connectivity index (χ0v) is 13.1. The van der Waals surface area contributed by atoms with Crippen LogP contribution in [0.15, 0.2) is 18.2 Å². The number of hydrogen-bond donors (Lipinski definition) is 1. The van der Waals surface area contributed by atoms with Crippen LogP contribution in [0.5, 0.6) is 0 Å². The molecule has 2 nitrogen and oxygen atoms in total. The Morgan fingerprint density at radius 2 is 1.90 bits per heavy atom. The third-order valence-electron chi connectivity index (χ3n) is 3.96. The third-order valence-corrected chi connectivity index (χ3v) is 3.96. The first-order valence-corrected chi connectivity index (χ1v) is 7.73. The van der Waals surface area contributed by atoms with Gasteiger partial charge in [-0.05, 0) is 29.9 Å². The smallest absolute Gasteiger partial charge is 0.146 e. The minimum absolute atomic E-state index is 0.0886. The van der Waals surface area contributed by atoms with E-state index < -0.39 is 0 Å². The number of nitrogens with zero attached hydrogens (tertiary/aromatic N) is 1. The van der Waals surface area contributed by atoms with Gasteiger partial charge in [0, 0.05) is 25.7 Å². The quantitative estimate of drug-likeness (QED) is 0.901. The van der Waals surface area contributed by atoms with E-state index in [2.05, 4.69) is 37.9 Å². The van der Waals surface area contributed by atoms with Gasteiger partial charge in [0.25, 0.3) is 0 Å². The van der Waals surface area contributed by atoms with Crippen LogP contribution in [0.2, 0.25) is 0 Å². The van der Waals surface area contributed by atoms with E-state index in [9.17, 15) is 4.39 Å². The fraction of sp³-hybridized carbons (Fsp3) is 0.647. The lowest BCUT2D eigenvalue weighted by atomic mass is 9.91. The molecule has 112 valence electrons. The molecule has 2 unspecified atom stereocenters. The fourth-order valence-corrected chi connectivity index (χ4v) is 3.22. The molecule has 1 aliphatic heterocycles. The maximum absolute atomic E-state index is 14.3. The molecule has 0 radical (unpaired) electrons. The molecule has 0 aromatic heterocycles. The van der Waals surface area contributed by atoms with Crippen molar-refractivity contribution < 1.29 is 4.39 Å². The Labute approximate surface area is 122 Å². The molecule has 1 aromatic rings. The van der Waals surface area contributed by atoms with Crippen molar-refractivity contribution in [1.82, 2.24) is 5.32 Å². The molecular formula is C17H27FN2. The predicted molar refractivity (Wildman–Crippen MR) is 83.5 cm³/mol. The highest BCUT2D eigenvalue weighted by molar-refractivity contribution is 5.55. The predicted octanol–water partition coefficient (Wildman–Crippen LogP) is 3.81. The van der Waals surface area contributed by atoms with Crippen LogP contribution in [0.1, 0.15) is 39.7 Å². The van der Waals surface area contributed by atoms with E-state index in [1.54, 1.807) is 6.07 Å². The van der Waals surface area contributed by atoms with Gasteiger partial charge in [0.2, 0.25) is 0 Å². The SMILES string of the molecule is CC1CC(C)CN(c2c(F)cccc2CNC(C)C)C1. The molecule has 2 rings (SSSR count). The summed E-state index contributed by atoms with van der Waals surface area (Å²) in [4.78, 5) is 2.24. The number of benzene rings is 1. The molecule has 0 spiro atoms. The van der Waals surface area contributed by atoms with E-state index >= 15 is 0 Å². The van der Waals surface area contributed by atoms with Crippen LogP contribution in [0.25, 0.3) is 0 Å². The monoisotopic (exact) mass is 278 g/mol. The van der Waals surface area contributed by atoms with Crippen molar-refractivity contribution in [3.63, 3.8) is 0 Å². The van der Waals surface area contributed by atoms with Gasteiger partial charge in [-0.3, -0.25) is 0 Å². The van der Waals surface area contributed by atoms with Gasteiger partial charge in [0.15, 0.2) is 0 Å². The molecule has 3 heteroatoms. The zero-order valence-electron chi connectivity index (χ0n) is 13.1. The standard InChI is InChI=1S/C17H27FN2/c1-12(2)19-9-15-6-5-7-16(18)17(15)20-10-13(3)8-14(4)11-20/h5-7,12-14,19H,8-11H2,1-4H3. The van der Waals surface area contributed by atoms with Gasteiger partial charge in [-0.2, -0.15) is 0 Å². The average Bonchev–Trinajstić information content (AvgIpc) is 2.35. The Morgan fingerprint density at radius 1 is 1.25 bits per heavy atom. The first kappa shape index (κ1) is 15.3. The van der Waals surface area contributed by atoms with Gasteiger partial charge in [-0.15, -0.1) is 0 Å². The maximum atomic E-state index is 14.3. The van der Waals surface area contributed by atoms with E-state index in [0.717, 1.165) is 30.9 Å². The van der Waals surface area contributed by atoms with Crippen LogP contribution < -0.4 is 10.2 Å². The van der Waals surface area contributed by atoms with Crippen LogP contribution in [0.4, 0.5) is 10.1 Å². The van der Waals surface area contributed by atoms with Crippen molar-refractivity contribution in [2.24, 2.45) is 11.8 Å². The first-order valence-electron chi connectivity index (χ1n) is 7.73. The molecule has 0 amide bonds. The highest BCUT2D eigenvalue weighted by atomic mass is 19.1. The summed E-state index contributed by atoms with van der Waals surface area (Å²) in [6, 6.07) is 5.84. The van der Waals surface area contributed by atoms with Crippen molar-refractivity contribution in [1.29, 1.82) is 0 Å². The number of halogens is 1. The minimum atomic E-state index is -0.0886. The van der Waals surface area contributed by atoms with Crippen LogP contribution in [0.3, 0.4) is 0 Å². The Balaban J connectivity index is 2.24. The molecule has 1 aromatic carbocycles. The van der Waals surface area contributed by atoms with Crippen molar-refractivity contribution in [2.45, 2.75) is 46.7 Å². The largest absolute Gasteiger partial charge is 0.368 e. The molecule has 20 heavy (non-hydrogen) atoms. The van der Waals surface area contributed by atoms with Crippen molar-refractivity contribution in [3.05, 3.63) is 29.6 Å². The lowest BCUT2D eigenvalue weighted by Crippen LogP contribution is -2.40. The third kappa shape index (κ3) is 3.72. The second kappa shape index (κ2) is 6.57. The topological polar surface area (TPSA) is 15.3 Å². The molecule has 2 atom stereocenters. The summed E-state index contributed by atoms with van der Waals surface area (Å²) in [6.45, 7) is 11.4. The molecule has 0 bridgehead atoms. The minimum Gasteiger partial charge on any atom is -0.368 e. The summed E-state index contributed by atoms with van der Waals surface area (Å²) >= 11 is 0. The average molecular weight is 278 g/mol. The Hall–Kier alpha value is -1.09. The zero-order chi connectivity index (χ0) is 14.7. The summed E-state index contributed by atoms with van der Waals surface area (Å²) < 4.78 is 14.3. The highest BCUT2D eigenvalue weighted by Crippen LogP contribution is 2.31. The molecule has 1 N–H and O–H groups in total. The van der Waals surface area contributed by atoms with Crippen LogP contribution in [-0.4, -0.2) is 19.1 Å². The first-order chi connectivity index (χ1) is 9.47. The number of rotatable bonds is 4. The second-order valence-electron chi connectivity index (χ2n) is 6.63. The molecule has 0 saturated carbocycles. The Bertz CT molecular complexity index is 435. The van der Waals surface area contributed by atoms with E-state index in [1.165, 1.54) is 6.42 Å². The van der Waals surface area contributed by atoms with Crippen LogP contribution in [-0.2, 0) is 6.54 Å². The Kier molecular flexibility index (Phi) is 5.03. The lowest BCUT2D eigenvalue weighted by Gasteiger charge is -2.37. The van der Waals surface area contributed by atoms with E-state index in [1.807, 2.05) is 12.1 Å². The molecular weight excluding hydrogens is 251 g/mol. The van der Waals surface area contributed by atoms with Crippen LogP contribution in [0, 0.1) is 17.7 Å². The summed E-state index contributed by atoms with van der Waals surface area (Å²) in [5, 5.41) is 3.40. The lowest BCUT2D eigenvalue weighted by molar-refractivity contribution is 0.354. The van der Waals surface area contributed by atoms with Gasteiger partial charge in [0.1, 0.15) is 5.82 Å². The highest BCUT2D eigenvalue weighted by Gasteiger charge is 2.25. The molecule has 1 aliphatic rings. The van der Waals surface area contributed by atoms with Gasteiger partial charge in [0.05, 0.1) is 5.69 Å².